The molecule has 3 rings (SSSR count). The predicted octanol–water partition coefficient (Wildman–Crippen LogP) is 4.04. The molecule has 1 aliphatic carbocycles. The molecule has 4 nitrogen and oxygen atoms in total. The molecule has 26 heavy (non-hydrogen) atoms. The van der Waals surface area contributed by atoms with Crippen LogP contribution in [0.25, 0.3) is 0 Å². The second-order valence-electron chi connectivity index (χ2n) is 7.08. The van der Waals surface area contributed by atoms with E-state index < -0.39 is 6.17 Å². The van der Waals surface area contributed by atoms with Gasteiger partial charge in [0.1, 0.15) is 6.17 Å². The average Bonchev–Trinajstić information content (AvgIpc) is 3.08. The summed E-state index contributed by atoms with van der Waals surface area (Å²) in [5.41, 5.74) is 1.18. The van der Waals surface area contributed by atoms with E-state index in [1.54, 1.807) is 14.2 Å². The van der Waals surface area contributed by atoms with E-state index in [1.165, 1.54) is 18.4 Å². The van der Waals surface area contributed by atoms with Gasteiger partial charge in [0, 0.05) is 19.1 Å². The van der Waals surface area contributed by atoms with Crippen molar-refractivity contribution in [1.29, 1.82) is 0 Å². The van der Waals surface area contributed by atoms with Crippen LogP contribution in [-0.4, -0.2) is 57.1 Å². The number of ether oxygens (including phenoxy) is 3. The molecule has 1 heterocycles. The Labute approximate surface area is 162 Å². The van der Waals surface area contributed by atoms with Gasteiger partial charge in [0.2, 0.25) is 0 Å². The zero-order valence-electron chi connectivity index (χ0n) is 15.8. The van der Waals surface area contributed by atoms with Crippen molar-refractivity contribution in [2.75, 3.05) is 33.9 Å². The molecule has 1 saturated carbocycles. The van der Waals surface area contributed by atoms with Gasteiger partial charge in [-0.15, -0.1) is 12.4 Å². The normalized spacial score (nSPS) is 26.3. The fraction of sp³-hybridized carbons (Fsp3) is 0.700. The van der Waals surface area contributed by atoms with Gasteiger partial charge in [0.05, 0.1) is 26.9 Å². The molecule has 6 heteroatoms. The standard InChI is InChI=1S/C20H30FNO3.ClH/c1-23-19-8-7-15(13-20(19)24-2)10-12-25-18-6-4-3-5-17(18)22-11-9-16(21)14-22;/h7-8,13,16-18H,3-6,9-12,14H2,1-2H3;1H/t16?,17-,18?;/m1./s1. The van der Waals surface area contributed by atoms with Crippen LogP contribution in [0.2, 0.25) is 0 Å². The number of methoxy groups -OCH3 is 2. The summed E-state index contributed by atoms with van der Waals surface area (Å²) in [4.78, 5) is 2.31. The van der Waals surface area contributed by atoms with Gasteiger partial charge in [-0.1, -0.05) is 18.9 Å². The minimum Gasteiger partial charge on any atom is -0.493 e. The SMILES string of the molecule is COc1ccc(CCOC2CCCC[C@H]2N2CCC(F)C2)cc1OC.Cl. The van der Waals surface area contributed by atoms with Crippen molar-refractivity contribution in [1.82, 2.24) is 4.90 Å². The first-order valence-electron chi connectivity index (χ1n) is 9.42. The Bertz CT molecular complexity index is 560. The Morgan fingerprint density at radius 3 is 2.54 bits per heavy atom. The van der Waals surface area contributed by atoms with Crippen LogP contribution in [0.5, 0.6) is 11.5 Å². The lowest BCUT2D eigenvalue weighted by Gasteiger charge is -2.37. The molecule has 1 aliphatic heterocycles. The molecule has 0 N–H and O–H groups in total. The molecule has 0 spiro atoms. The highest BCUT2D eigenvalue weighted by Crippen LogP contribution is 2.30. The fourth-order valence-corrected chi connectivity index (χ4v) is 4.10. The first kappa shape index (κ1) is 21.3. The number of likely N-dealkylation sites (tertiary alicyclic amines) is 1. The monoisotopic (exact) mass is 387 g/mol. The topological polar surface area (TPSA) is 30.9 Å². The highest BCUT2D eigenvalue weighted by molar-refractivity contribution is 5.85. The van der Waals surface area contributed by atoms with Gasteiger partial charge in [-0.25, -0.2) is 4.39 Å². The molecule has 0 aromatic heterocycles. The van der Waals surface area contributed by atoms with E-state index in [1.807, 2.05) is 12.1 Å². The summed E-state index contributed by atoms with van der Waals surface area (Å²) < 4.78 is 30.4. The lowest BCUT2D eigenvalue weighted by Crippen LogP contribution is -2.46. The highest BCUT2D eigenvalue weighted by atomic mass is 35.5. The summed E-state index contributed by atoms with van der Waals surface area (Å²) in [6.07, 6.45) is 5.76. The predicted molar refractivity (Wildman–Crippen MR) is 104 cm³/mol. The summed E-state index contributed by atoms with van der Waals surface area (Å²) in [6, 6.07) is 6.38. The average molecular weight is 388 g/mol. The summed E-state index contributed by atoms with van der Waals surface area (Å²) >= 11 is 0. The third kappa shape index (κ3) is 5.24. The van der Waals surface area contributed by atoms with E-state index in [0.717, 1.165) is 37.3 Å². The third-order valence-electron chi connectivity index (χ3n) is 5.47. The third-order valence-corrected chi connectivity index (χ3v) is 5.47. The van der Waals surface area contributed by atoms with Gasteiger partial charge < -0.3 is 14.2 Å². The number of alkyl halides is 1. The van der Waals surface area contributed by atoms with Gasteiger partial charge in [0.15, 0.2) is 11.5 Å². The largest absolute Gasteiger partial charge is 0.493 e. The first-order chi connectivity index (χ1) is 12.2. The molecular formula is C20H31ClFNO3. The van der Waals surface area contributed by atoms with E-state index >= 15 is 0 Å². The Kier molecular flexibility index (Phi) is 8.45. The number of nitrogens with zero attached hydrogens (tertiary/aromatic N) is 1. The number of hydrogen-bond acceptors (Lipinski definition) is 4. The summed E-state index contributed by atoms with van der Waals surface area (Å²) in [6.45, 7) is 2.14. The van der Waals surface area contributed by atoms with Crippen molar-refractivity contribution < 1.29 is 18.6 Å². The summed E-state index contributed by atoms with van der Waals surface area (Å²) in [5, 5.41) is 0. The van der Waals surface area contributed by atoms with Crippen LogP contribution in [0.1, 0.15) is 37.7 Å². The molecule has 2 fully saturated rings. The lowest BCUT2D eigenvalue weighted by atomic mass is 9.91. The zero-order valence-corrected chi connectivity index (χ0v) is 16.6. The molecule has 0 amide bonds. The molecule has 1 saturated heterocycles. The quantitative estimate of drug-likeness (QED) is 0.706. The Hall–Kier alpha value is -1.04. The van der Waals surface area contributed by atoms with Crippen molar-refractivity contribution in [2.24, 2.45) is 0 Å². The number of halogens is 2. The van der Waals surface area contributed by atoms with E-state index in [0.29, 0.717) is 25.6 Å². The van der Waals surface area contributed by atoms with Crippen molar-refractivity contribution in [3.05, 3.63) is 23.8 Å². The molecule has 2 unspecified atom stereocenters. The Morgan fingerprint density at radius 2 is 1.85 bits per heavy atom. The molecule has 0 bridgehead atoms. The van der Waals surface area contributed by atoms with Crippen LogP contribution in [0, 0.1) is 0 Å². The van der Waals surface area contributed by atoms with Gasteiger partial charge in [-0.05, 0) is 43.4 Å². The van der Waals surface area contributed by atoms with Crippen LogP contribution in [-0.2, 0) is 11.2 Å². The van der Waals surface area contributed by atoms with Crippen molar-refractivity contribution >= 4 is 12.4 Å². The van der Waals surface area contributed by atoms with Crippen LogP contribution < -0.4 is 9.47 Å². The van der Waals surface area contributed by atoms with Gasteiger partial charge in [-0.2, -0.15) is 0 Å². The maximum Gasteiger partial charge on any atom is 0.160 e. The second kappa shape index (κ2) is 10.3. The molecule has 1 aromatic rings. The minimum absolute atomic E-state index is 0. The van der Waals surface area contributed by atoms with Crippen LogP contribution >= 0.6 is 12.4 Å². The number of rotatable bonds is 7. The summed E-state index contributed by atoms with van der Waals surface area (Å²) in [5.74, 6) is 1.50. The first-order valence-corrected chi connectivity index (χ1v) is 9.42. The van der Waals surface area contributed by atoms with Crippen LogP contribution in [0.4, 0.5) is 4.39 Å². The van der Waals surface area contributed by atoms with E-state index in [-0.39, 0.29) is 18.5 Å². The summed E-state index contributed by atoms with van der Waals surface area (Å²) in [7, 11) is 3.29. The van der Waals surface area contributed by atoms with Crippen molar-refractivity contribution in [2.45, 2.75) is 56.8 Å². The molecular weight excluding hydrogens is 357 g/mol. The Morgan fingerprint density at radius 1 is 1.08 bits per heavy atom. The minimum atomic E-state index is -0.658. The smallest absolute Gasteiger partial charge is 0.160 e. The van der Waals surface area contributed by atoms with E-state index in [2.05, 4.69) is 11.0 Å². The molecule has 2 aliphatic rings. The van der Waals surface area contributed by atoms with E-state index in [4.69, 9.17) is 14.2 Å². The second-order valence-corrected chi connectivity index (χ2v) is 7.08. The fourth-order valence-electron chi connectivity index (χ4n) is 4.10. The number of hydrogen-bond donors (Lipinski definition) is 0. The van der Waals surface area contributed by atoms with Crippen LogP contribution in [0.15, 0.2) is 18.2 Å². The maximum atomic E-state index is 13.6. The van der Waals surface area contributed by atoms with Gasteiger partial charge in [0.25, 0.3) is 0 Å². The van der Waals surface area contributed by atoms with Crippen LogP contribution in [0.3, 0.4) is 0 Å². The van der Waals surface area contributed by atoms with Gasteiger partial charge in [-0.3, -0.25) is 4.90 Å². The van der Waals surface area contributed by atoms with Gasteiger partial charge >= 0.3 is 0 Å². The molecule has 1 aromatic carbocycles. The highest BCUT2D eigenvalue weighted by Gasteiger charge is 2.35. The molecule has 0 radical (unpaired) electrons. The molecule has 3 atom stereocenters. The van der Waals surface area contributed by atoms with Crippen molar-refractivity contribution in [3.8, 4) is 11.5 Å². The van der Waals surface area contributed by atoms with E-state index in [9.17, 15) is 4.39 Å². The number of benzene rings is 1. The Balaban J connectivity index is 0.00000243. The van der Waals surface area contributed by atoms with Crippen molar-refractivity contribution in [3.63, 3.8) is 0 Å². The lowest BCUT2D eigenvalue weighted by molar-refractivity contribution is -0.0303. The zero-order chi connectivity index (χ0) is 17.6. The molecule has 148 valence electrons. The maximum absolute atomic E-state index is 13.6.